The van der Waals surface area contributed by atoms with Crippen LogP contribution in [-0.2, 0) is 59.4 Å². The molecular weight excluding hydrogens is 989 g/mol. The molecule has 7 amide bonds. The predicted octanol–water partition coefficient (Wildman–Crippen LogP) is 2.34. The number of fused-ring (bicyclic) bond motifs is 4. The molecule has 1 aliphatic heterocycles. The third-order valence-corrected chi connectivity index (χ3v) is 14.6. The van der Waals surface area contributed by atoms with Crippen LogP contribution >= 0.6 is 11.8 Å². The zero-order chi connectivity index (χ0) is 54.1. The van der Waals surface area contributed by atoms with E-state index in [1.807, 2.05) is 66.2 Å². The number of hydrogen-bond acceptors (Lipinski definition) is 10. The molecule has 14 N–H and O–H groups in total. The number of carbonyl (C=O) groups excluding carboxylic acids is 7. The third-order valence-electron chi connectivity index (χ3n) is 13.4. The average Bonchev–Trinajstić information content (AvgIpc) is 4.17. The highest BCUT2D eigenvalue weighted by Crippen LogP contribution is 2.31. The summed E-state index contributed by atoms with van der Waals surface area (Å²) in [5.41, 5.74) is 19.9. The first-order valence-electron chi connectivity index (χ1n) is 25.6. The largest absolute Gasteiger partial charge is 0.370 e. The third kappa shape index (κ3) is 15.2. The summed E-state index contributed by atoms with van der Waals surface area (Å²) < 4.78 is 1.92. The van der Waals surface area contributed by atoms with Crippen molar-refractivity contribution in [1.29, 1.82) is 0 Å². The van der Waals surface area contributed by atoms with Gasteiger partial charge in [-0.3, -0.25) is 38.6 Å². The lowest BCUT2D eigenvalue weighted by Gasteiger charge is -2.28. The summed E-state index contributed by atoms with van der Waals surface area (Å²) in [6.45, 7) is 4.11. The van der Waals surface area contributed by atoms with Crippen molar-refractivity contribution in [3.63, 3.8) is 0 Å². The molecule has 76 heavy (non-hydrogen) atoms. The van der Waals surface area contributed by atoms with Crippen LogP contribution in [0.2, 0.25) is 0 Å². The van der Waals surface area contributed by atoms with Crippen molar-refractivity contribution in [3.05, 3.63) is 121 Å². The van der Waals surface area contributed by atoms with Gasteiger partial charge in [-0.15, -0.1) is 11.8 Å². The molecule has 0 aliphatic carbocycles. The Morgan fingerprint density at radius 3 is 2.12 bits per heavy atom. The van der Waals surface area contributed by atoms with E-state index < -0.39 is 77.6 Å². The number of aryl methyl sites for hydroxylation is 1. The van der Waals surface area contributed by atoms with Gasteiger partial charge in [0.05, 0.1) is 11.4 Å². The number of rotatable bonds is 16. The number of imidazole rings is 1. The van der Waals surface area contributed by atoms with Crippen LogP contribution in [0.15, 0.2) is 114 Å². The Morgan fingerprint density at radius 1 is 0.763 bits per heavy atom. The average molecular weight is 1060 g/mol. The van der Waals surface area contributed by atoms with E-state index in [1.165, 1.54) is 24.3 Å². The number of carbonyl (C=O) groups is 7. The van der Waals surface area contributed by atoms with Gasteiger partial charge in [0.15, 0.2) is 5.96 Å². The van der Waals surface area contributed by atoms with Gasteiger partial charge in [-0.1, -0.05) is 99.5 Å². The lowest BCUT2D eigenvalue weighted by atomic mass is 10.0. The maximum Gasteiger partial charge on any atom is 0.243 e. The van der Waals surface area contributed by atoms with Gasteiger partial charge in [0.2, 0.25) is 41.4 Å². The van der Waals surface area contributed by atoms with Crippen molar-refractivity contribution >= 4 is 80.7 Å². The van der Waals surface area contributed by atoms with Gasteiger partial charge >= 0.3 is 0 Å². The number of thioether (sulfide) groups is 1. The maximum atomic E-state index is 14.8. The Balaban J connectivity index is 1.31. The van der Waals surface area contributed by atoms with Gasteiger partial charge in [0.25, 0.3) is 0 Å². The highest BCUT2D eigenvalue weighted by Gasteiger charge is 2.35. The standard InChI is InChI=1S/C54H68N14O7S/c1-3-4-13-32(2)47(70)62-41-21-23-68-29-34-16-8-9-18-38(34)53(68)76-30-45(46(55)69)67-51(74)43(25-35-27-60-39-19-11-10-17-37(35)39)65-48(71)40(20-12-22-59-54(56)57)63-50(73)42(24-33-14-6-5-7-15-33)64-52(75)44(66-49(41)72)26-36-28-58-31-61-36/h5-11,14-19,27-29,31-32,40-45,60H,3-4,12-13,20-26,30H2,1-2H3,(H2,55,69)(H,58,61)(H,62,70)(H,63,73)(H,64,75)(H,65,71)(H,66,72)(H,67,74)(H4,56,57,59)/t32-,40-,41-,42+,43-,44-,45-/m0/s1. The van der Waals surface area contributed by atoms with Gasteiger partial charge in [-0.25, -0.2) is 4.98 Å². The van der Waals surface area contributed by atoms with Crippen molar-refractivity contribution in [2.75, 3.05) is 12.3 Å². The number of aliphatic imine (C=N–C) groups is 1. The molecule has 3 aromatic carbocycles. The number of aromatic amines is 2. The number of para-hydroxylation sites is 1. The lowest BCUT2D eigenvalue weighted by Crippen LogP contribution is -2.60. The second kappa shape index (κ2) is 26.9. The Hall–Kier alpha value is -8.14. The van der Waals surface area contributed by atoms with Gasteiger partial charge in [-0.05, 0) is 42.9 Å². The van der Waals surface area contributed by atoms with Crippen LogP contribution in [0.1, 0.15) is 69.2 Å². The first-order valence-corrected chi connectivity index (χ1v) is 26.6. The number of unbranched alkanes of at least 4 members (excludes halogenated alkanes) is 1. The SMILES string of the molecule is CCCC[C@H](C)C(=O)N[C@H]1CCn2cc3ccccc3c2SC[C@@H](C(N)=O)NC(=O)[C@H](Cc2c[nH]c3ccccc23)NC(=O)[C@H](CCCN=C(N)N)NC(=O)[C@@H](Cc2ccccc2)NC(=O)[C@H](Cc2cnc[nH]2)NC1=O. The monoisotopic (exact) mass is 1060 g/mol. The van der Waals surface area contributed by atoms with Crippen LogP contribution in [0, 0.1) is 5.92 Å². The van der Waals surface area contributed by atoms with E-state index in [0.717, 1.165) is 34.5 Å². The molecule has 6 aromatic rings. The molecule has 4 heterocycles. The van der Waals surface area contributed by atoms with E-state index in [-0.39, 0.29) is 69.2 Å². The molecule has 0 bridgehead atoms. The minimum atomic E-state index is -1.32. The number of primary amides is 1. The van der Waals surface area contributed by atoms with Gasteiger partial charge in [-0.2, -0.15) is 0 Å². The molecule has 0 unspecified atom stereocenters. The minimum absolute atomic E-state index is 0.0153. The first-order chi connectivity index (χ1) is 36.7. The lowest BCUT2D eigenvalue weighted by molar-refractivity contribution is -0.135. The Kier molecular flexibility index (Phi) is 19.7. The summed E-state index contributed by atoms with van der Waals surface area (Å²) in [5.74, 6) is -5.39. The van der Waals surface area contributed by atoms with Crippen LogP contribution in [0.3, 0.4) is 0 Å². The van der Waals surface area contributed by atoms with E-state index in [2.05, 4.69) is 51.8 Å². The van der Waals surface area contributed by atoms with Crippen molar-refractivity contribution in [2.24, 2.45) is 28.1 Å². The van der Waals surface area contributed by atoms with Crippen LogP contribution in [0.4, 0.5) is 0 Å². The van der Waals surface area contributed by atoms with Gasteiger partial charge in [0.1, 0.15) is 36.3 Å². The Labute approximate surface area is 444 Å². The summed E-state index contributed by atoms with van der Waals surface area (Å²) in [5, 5.41) is 20.4. The van der Waals surface area contributed by atoms with Gasteiger partial charge in [0, 0.05) is 90.0 Å². The number of benzene rings is 3. The number of aromatic nitrogens is 4. The van der Waals surface area contributed by atoms with E-state index in [1.54, 1.807) is 43.5 Å². The molecular formula is C54H68N14O7S. The Bertz CT molecular complexity index is 2990. The fourth-order valence-corrected chi connectivity index (χ4v) is 10.3. The van der Waals surface area contributed by atoms with Crippen LogP contribution in [0.25, 0.3) is 21.7 Å². The molecule has 0 saturated heterocycles. The van der Waals surface area contributed by atoms with E-state index in [4.69, 9.17) is 17.2 Å². The normalized spacial score (nSPS) is 20.8. The number of guanidine groups is 1. The highest BCUT2D eigenvalue weighted by molar-refractivity contribution is 7.99. The summed E-state index contributed by atoms with van der Waals surface area (Å²) in [6, 6.07) is 16.3. The molecule has 3 aromatic heterocycles. The quantitative estimate of drug-likeness (QED) is 0.0380. The van der Waals surface area contributed by atoms with Crippen LogP contribution in [-0.4, -0.2) is 115 Å². The molecule has 0 saturated carbocycles. The smallest absolute Gasteiger partial charge is 0.243 e. The number of nitrogens with two attached hydrogens (primary N) is 3. The number of hydrogen-bond donors (Lipinski definition) is 11. The maximum absolute atomic E-state index is 14.8. The molecule has 1 aliphatic rings. The van der Waals surface area contributed by atoms with Gasteiger partial charge < -0.3 is 63.6 Å². The molecule has 22 heteroatoms. The van der Waals surface area contributed by atoms with Crippen molar-refractivity contribution < 1.29 is 33.6 Å². The molecule has 0 radical (unpaired) electrons. The second-order valence-corrected chi connectivity index (χ2v) is 20.1. The summed E-state index contributed by atoms with van der Waals surface area (Å²) in [6.07, 6.45) is 8.97. The number of nitrogens with zero attached hydrogens (tertiary/aromatic N) is 3. The molecule has 402 valence electrons. The Morgan fingerprint density at radius 2 is 1.41 bits per heavy atom. The summed E-state index contributed by atoms with van der Waals surface area (Å²) in [7, 11) is 0. The van der Waals surface area contributed by atoms with Crippen LogP contribution in [0.5, 0.6) is 0 Å². The molecule has 0 spiro atoms. The van der Waals surface area contributed by atoms with Crippen molar-refractivity contribution in [3.8, 4) is 0 Å². The fourth-order valence-electron chi connectivity index (χ4n) is 9.11. The van der Waals surface area contributed by atoms with Crippen LogP contribution < -0.4 is 49.1 Å². The first kappa shape index (κ1) is 55.6. The molecule has 0 fully saturated rings. The minimum Gasteiger partial charge on any atom is -0.370 e. The van der Waals surface area contributed by atoms with E-state index in [0.29, 0.717) is 28.3 Å². The topological polar surface area (TPSA) is 331 Å². The predicted molar refractivity (Wildman–Crippen MR) is 291 cm³/mol. The molecule has 7 rings (SSSR count). The number of amides is 7. The number of nitrogens with one attached hydrogen (secondary N) is 8. The molecule has 7 atom stereocenters. The zero-order valence-electron chi connectivity index (χ0n) is 42.7. The number of H-pyrrole nitrogens is 2. The highest BCUT2D eigenvalue weighted by atomic mass is 32.2. The molecule has 21 nitrogen and oxygen atoms in total. The summed E-state index contributed by atoms with van der Waals surface area (Å²) >= 11 is 1.26. The zero-order valence-corrected chi connectivity index (χ0v) is 43.5. The second-order valence-electron chi connectivity index (χ2n) is 19.1. The fraction of sp³-hybridized carbons (Fsp3) is 0.389. The van der Waals surface area contributed by atoms with E-state index in [9.17, 15) is 33.6 Å². The van der Waals surface area contributed by atoms with Crippen molar-refractivity contribution in [2.45, 2.75) is 119 Å². The van der Waals surface area contributed by atoms with E-state index >= 15 is 0 Å². The van der Waals surface area contributed by atoms with Crippen molar-refractivity contribution in [1.82, 2.24) is 51.4 Å². The summed E-state index contributed by atoms with van der Waals surface area (Å²) in [4.78, 5) is 115.